The van der Waals surface area contributed by atoms with Crippen LogP contribution in [0, 0.1) is 19.8 Å². The molecule has 0 spiro atoms. The van der Waals surface area contributed by atoms with Crippen molar-refractivity contribution < 1.29 is 0 Å². The number of fused-ring (bicyclic) bond motifs is 1. The largest absolute Gasteiger partial charge is 0.0985 e. The van der Waals surface area contributed by atoms with Crippen LogP contribution < -0.4 is 0 Å². The molecule has 2 aliphatic rings. The van der Waals surface area contributed by atoms with Crippen molar-refractivity contribution in [2.45, 2.75) is 207 Å². The molecule has 0 amide bonds. The number of hydrogen-bond acceptors (Lipinski definition) is 0. The van der Waals surface area contributed by atoms with Gasteiger partial charge in [0.25, 0.3) is 0 Å². The minimum absolute atomic E-state index is 0.0391. The van der Waals surface area contributed by atoms with E-state index in [1.54, 1.807) is 27.8 Å². The molecular weight excluding hydrogens is 637 g/mol. The summed E-state index contributed by atoms with van der Waals surface area (Å²) in [6, 6.07) is 13.1. The lowest BCUT2D eigenvalue weighted by Gasteiger charge is -2.68. The van der Waals surface area contributed by atoms with Crippen LogP contribution in [0.4, 0.5) is 0 Å². The molecule has 0 bridgehead atoms. The fraction of sp³-hybridized carbons (Fsp3) is 0.623. The number of aryl methyl sites for hydroxylation is 2. The van der Waals surface area contributed by atoms with E-state index in [2.05, 4.69) is 124 Å². The Labute approximate surface area is 329 Å². The summed E-state index contributed by atoms with van der Waals surface area (Å²) in [4.78, 5) is 0. The van der Waals surface area contributed by atoms with Crippen molar-refractivity contribution in [1.29, 1.82) is 0 Å². The van der Waals surface area contributed by atoms with E-state index in [0.29, 0.717) is 0 Å². The summed E-state index contributed by atoms with van der Waals surface area (Å²) in [5, 5.41) is 0. The summed E-state index contributed by atoms with van der Waals surface area (Å²) in [6.45, 7) is 28.5. The first-order valence-electron chi connectivity index (χ1n) is 22.5. The third kappa shape index (κ3) is 8.79. The van der Waals surface area contributed by atoms with Gasteiger partial charge in [0.05, 0.1) is 0 Å². The zero-order valence-corrected chi connectivity index (χ0v) is 36.4. The topological polar surface area (TPSA) is 0 Å². The Balaban J connectivity index is 1.88. The Hall–Kier alpha value is -2.60. The van der Waals surface area contributed by atoms with Crippen molar-refractivity contribution in [1.82, 2.24) is 0 Å². The van der Waals surface area contributed by atoms with Gasteiger partial charge in [-0.2, -0.15) is 0 Å². The van der Waals surface area contributed by atoms with Gasteiger partial charge in [-0.05, 0) is 110 Å². The van der Waals surface area contributed by atoms with E-state index in [1.807, 2.05) is 6.08 Å². The van der Waals surface area contributed by atoms with E-state index in [1.165, 1.54) is 131 Å². The molecule has 0 aliphatic heterocycles. The SMILES string of the molecule is C=CC1=C(C)CC=C(c2cc(C)cc(C(CC)(CC)C3(CC)c4cc(CC(CCCC)CCCCCC)c(C)cc4C3(C)CCCCCCC)c2)C=C1. The summed E-state index contributed by atoms with van der Waals surface area (Å²) < 4.78 is 0. The predicted octanol–water partition coefficient (Wildman–Crippen LogP) is 16.5. The second-order valence-electron chi connectivity index (χ2n) is 17.7. The molecule has 0 saturated heterocycles. The monoisotopic (exact) mass is 717 g/mol. The number of hydrogen-bond donors (Lipinski definition) is 0. The Bertz CT molecular complexity index is 1590. The molecule has 2 aromatic rings. The number of allylic oxidation sites excluding steroid dienone is 7. The first-order valence-corrected chi connectivity index (χ1v) is 22.5. The molecule has 3 atom stereocenters. The normalized spacial score (nSPS) is 20.5. The Kier molecular flexibility index (Phi) is 16.1. The van der Waals surface area contributed by atoms with Gasteiger partial charge in [-0.3, -0.25) is 0 Å². The molecule has 0 N–H and O–H groups in total. The van der Waals surface area contributed by atoms with Gasteiger partial charge in [0.2, 0.25) is 0 Å². The molecular formula is C53H80. The maximum absolute atomic E-state index is 4.10. The average Bonchev–Trinajstić information content (AvgIpc) is 3.35. The van der Waals surface area contributed by atoms with Gasteiger partial charge in [0, 0.05) is 16.2 Å². The number of rotatable bonds is 23. The van der Waals surface area contributed by atoms with Gasteiger partial charge in [-0.25, -0.2) is 0 Å². The summed E-state index contributed by atoms with van der Waals surface area (Å²) in [6.07, 6.45) is 33.7. The Morgan fingerprint density at radius 1 is 0.736 bits per heavy atom. The third-order valence-electron chi connectivity index (χ3n) is 14.5. The highest BCUT2D eigenvalue weighted by Crippen LogP contribution is 2.70. The van der Waals surface area contributed by atoms with Crippen molar-refractivity contribution >= 4 is 5.57 Å². The molecule has 0 fully saturated rings. The fourth-order valence-corrected chi connectivity index (χ4v) is 11.4. The third-order valence-corrected chi connectivity index (χ3v) is 14.5. The molecule has 0 heteroatoms. The number of unbranched alkanes of at least 4 members (excludes halogenated alkanes) is 8. The lowest BCUT2D eigenvalue weighted by molar-refractivity contribution is 0.0419. The minimum Gasteiger partial charge on any atom is -0.0985 e. The van der Waals surface area contributed by atoms with Crippen LogP contribution >= 0.6 is 0 Å². The lowest BCUT2D eigenvalue weighted by atomic mass is 9.34. The van der Waals surface area contributed by atoms with Crippen molar-refractivity contribution in [3.63, 3.8) is 0 Å². The maximum atomic E-state index is 4.10. The standard InChI is InChI=1S/C53H80/c1-12-19-22-24-26-33-51(11)49-36-42(10)46(37-43(27-21-14-3)28-25-23-20-13-2)39-50(49)53(51,18-7)52(16-5,17-6)48-35-40(8)34-47(38-48)45-30-29-41(9)44(15-4)31-32-45/h15,30-32,34-36,38-39,43H,4,12-14,16-29,33,37H2,1-3,5-11H3. The molecule has 3 unspecified atom stereocenters. The maximum Gasteiger partial charge on any atom is 0.0144 e. The summed E-state index contributed by atoms with van der Waals surface area (Å²) in [7, 11) is 0. The van der Waals surface area contributed by atoms with Crippen molar-refractivity contribution in [2.24, 2.45) is 5.92 Å². The summed E-state index contributed by atoms with van der Waals surface area (Å²) in [5.74, 6) is 0.798. The molecule has 0 saturated carbocycles. The smallest absolute Gasteiger partial charge is 0.0144 e. The van der Waals surface area contributed by atoms with E-state index in [9.17, 15) is 0 Å². The van der Waals surface area contributed by atoms with E-state index in [0.717, 1.165) is 25.2 Å². The summed E-state index contributed by atoms with van der Waals surface area (Å²) in [5.41, 5.74) is 15.2. The van der Waals surface area contributed by atoms with Crippen molar-refractivity contribution in [2.75, 3.05) is 0 Å². The molecule has 2 aromatic carbocycles. The van der Waals surface area contributed by atoms with E-state index in [-0.39, 0.29) is 16.2 Å². The quantitative estimate of drug-likeness (QED) is 0.100. The Morgan fingerprint density at radius 3 is 2.04 bits per heavy atom. The predicted molar refractivity (Wildman–Crippen MR) is 237 cm³/mol. The molecule has 4 rings (SSSR count). The van der Waals surface area contributed by atoms with Gasteiger partial charge in [0.1, 0.15) is 0 Å². The average molecular weight is 717 g/mol. The first kappa shape index (κ1) is 43.1. The Morgan fingerprint density at radius 2 is 1.40 bits per heavy atom. The van der Waals surface area contributed by atoms with Gasteiger partial charge < -0.3 is 0 Å². The molecule has 53 heavy (non-hydrogen) atoms. The molecule has 0 heterocycles. The minimum atomic E-state index is 0.0391. The van der Waals surface area contributed by atoms with Gasteiger partial charge >= 0.3 is 0 Å². The highest BCUT2D eigenvalue weighted by molar-refractivity contribution is 5.77. The van der Waals surface area contributed by atoms with Crippen LogP contribution in [0.3, 0.4) is 0 Å². The van der Waals surface area contributed by atoms with Gasteiger partial charge in [-0.15, -0.1) is 0 Å². The summed E-state index contributed by atoms with van der Waals surface area (Å²) >= 11 is 0. The first-order chi connectivity index (χ1) is 25.6. The van der Waals surface area contributed by atoms with Crippen LogP contribution in [0.15, 0.2) is 72.4 Å². The second kappa shape index (κ2) is 19.8. The van der Waals surface area contributed by atoms with Crippen LogP contribution in [0.1, 0.15) is 210 Å². The molecule has 0 nitrogen and oxygen atoms in total. The van der Waals surface area contributed by atoms with Crippen molar-refractivity contribution in [3.05, 3.63) is 111 Å². The van der Waals surface area contributed by atoms with Crippen LogP contribution in [0.25, 0.3) is 5.57 Å². The van der Waals surface area contributed by atoms with E-state index < -0.39 is 0 Å². The molecule has 0 radical (unpaired) electrons. The molecule has 0 aromatic heterocycles. The fourth-order valence-electron chi connectivity index (χ4n) is 11.4. The zero-order chi connectivity index (χ0) is 38.6. The van der Waals surface area contributed by atoms with Gasteiger partial charge in [-0.1, -0.05) is 204 Å². The highest BCUT2D eigenvalue weighted by Gasteiger charge is 2.67. The second-order valence-corrected chi connectivity index (χ2v) is 17.7. The lowest BCUT2D eigenvalue weighted by Crippen LogP contribution is -2.67. The molecule has 2 aliphatic carbocycles. The molecule has 292 valence electrons. The van der Waals surface area contributed by atoms with Gasteiger partial charge in [0.15, 0.2) is 0 Å². The van der Waals surface area contributed by atoms with Crippen molar-refractivity contribution in [3.8, 4) is 0 Å². The zero-order valence-electron chi connectivity index (χ0n) is 36.4. The van der Waals surface area contributed by atoms with Crippen LogP contribution in [0.2, 0.25) is 0 Å². The van der Waals surface area contributed by atoms with Crippen LogP contribution in [-0.4, -0.2) is 0 Å². The van der Waals surface area contributed by atoms with E-state index >= 15 is 0 Å². The highest BCUT2D eigenvalue weighted by atomic mass is 14.7. The van der Waals surface area contributed by atoms with Crippen LogP contribution in [0.5, 0.6) is 0 Å². The van der Waals surface area contributed by atoms with E-state index in [4.69, 9.17) is 0 Å². The number of benzene rings is 2. The van der Waals surface area contributed by atoms with Crippen LogP contribution in [-0.2, 0) is 22.7 Å².